The van der Waals surface area contributed by atoms with Gasteiger partial charge in [-0.1, -0.05) is 12.1 Å². The number of halogens is 3. The van der Waals surface area contributed by atoms with Gasteiger partial charge < -0.3 is 14.4 Å². The Morgan fingerprint density at radius 2 is 1.76 bits per heavy atom. The number of methoxy groups -OCH3 is 1. The van der Waals surface area contributed by atoms with Crippen LogP contribution in [0.4, 0.5) is 13.2 Å². The molecule has 0 N–H and O–H groups in total. The average molecular weight is 360 g/mol. The van der Waals surface area contributed by atoms with E-state index in [0.29, 0.717) is 30.9 Å². The van der Waals surface area contributed by atoms with Crippen LogP contribution in [-0.4, -0.2) is 74.3 Å². The van der Waals surface area contributed by atoms with Crippen LogP contribution >= 0.6 is 0 Å². The van der Waals surface area contributed by atoms with Gasteiger partial charge >= 0.3 is 18.1 Å². The van der Waals surface area contributed by atoms with Crippen molar-refractivity contribution < 1.29 is 32.2 Å². The normalized spacial score (nSPS) is 15.8. The van der Waals surface area contributed by atoms with Gasteiger partial charge in [0.15, 0.2) is 0 Å². The fourth-order valence-electron chi connectivity index (χ4n) is 2.51. The lowest BCUT2D eigenvalue weighted by Gasteiger charge is -2.34. The highest BCUT2D eigenvalue weighted by Crippen LogP contribution is 2.20. The molecule has 0 radical (unpaired) electrons. The highest BCUT2D eigenvalue weighted by molar-refractivity contribution is 5.92. The van der Waals surface area contributed by atoms with Gasteiger partial charge in [-0.05, 0) is 12.1 Å². The third-order valence-electron chi connectivity index (χ3n) is 3.87. The van der Waals surface area contributed by atoms with E-state index in [0.717, 1.165) is 4.90 Å². The van der Waals surface area contributed by atoms with Gasteiger partial charge in [0.05, 0.1) is 7.11 Å². The molecule has 25 heavy (non-hydrogen) atoms. The lowest BCUT2D eigenvalue weighted by Crippen LogP contribution is -2.52. The molecule has 0 aromatic heterocycles. The van der Waals surface area contributed by atoms with Crippen LogP contribution in [0, 0.1) is 0 Å². The Bertz CT molecular complexity index is 614. The van der Waals surface area contributed by atoms with Crippen molar-refractivity contribution in [2.45, 2.75) is 6.18 Å². The van der Waals surface area contributed by atoms with Crippen molar-refractivity contribution in [3.8, 4) is 5.75 Å². The third kappa shape index (κ3) is 5.09. The van der Waals surface area contributed by atoms with Crippen molar-refractivity contribution in [2.24, 2.45) is 0 Å². The zero-order valence-electron chi connectivity index (χ0n) is 13.7. The monoisotopic (exact) mass is 360 g/mol. The van der Waals surface area contributed by atoms with Crippen molar-refractivity contribution in [3.63, 3.8) is 0 Å². The van der Waals surface area contributed by atoms with E-state index in [2.05, 4.69) is 0 Å². The van der Waals surface area contributed by atoms with Gasteiger partial charge in [0.25, 0.3) is 0 Å². The Morgan fingerprint density at radius 3 is 2.36 bits per heavy atom. The van der Waals surface area contributed by atoms with Crippen LogP contribution in [-0.2, 0) is 9.53 Å². The van der Waals surface area contributed by atoms with Gasteiger partial charge in [-0.15, -0.1) is 0 Å². The summed E-state index contributed by atoms with van der Waals surface area (Å²) >= 11 is 0. The standard InChI is InChI=1S/C16H19F3N2O4/c1-24-13-5-3-2-4-12(13)14(22)25-11-10-20-6-8-21(9-7-20)15(23)16(17,18)19/h2-5H,6-11H2,1H3. The number of hydrogen-bond acceptors (Lipinski definition) is 5. The van der Waals surface area contributed by atoms with Gasteiger partial charge in [-0.25, -0.2) is 4.79 Å². The minimum atomic E-state index is -4.84. The molecule has 0 aliphatic carbocycles. The van der Waals surface area contributed by atoms with Crippen molar-refractivity contribution in [3.05, 3.63) is 29.8 Å². The van der Waals surface area contributed by atoms with Crippen LogP contribution in [0.25, 0.3) is 0 Å². The Balaban J connectivity index is 1.75. The second-order valence-corrected chi connectivity index (χ2v) is 5.47. The molecule has 9 heteroatoms. The molecule has 0 atom stereocenters. The van der Waals surface area contributed by atoms with Crippen molar-refractivity contribution >= 4 is 11.9 Å². The van der Waals surface area contributed by atoms with Crippen LogP contribution in [0.15, 0.2) is 24.3 Å². The number of para-hydroxylation sites is 1. The minimum absolute atomic E-state index is 0.00119. The van der Waals surface area contributed by atoms with E-state index < -0.39 is 18.1 Å². The van der Waals surface area contributed by atoms with E-state index in [-0.39, 0.29) is 19.7 Å². The molecule has 0 unspecified atom stereocenters. The van der Waals surface area contributed by atoms with Crippen LogP contribution in [0.2, 0.25) is 0 Å². The lowest BCUT2D eigenvalue weighted by atomic mass is 10.2. The second kappa shape index (κ2) is 8.19. The van der Waals surface area contributed by atoms with Gasteiger partial charge in [0.2, 0.25) is 0 Å². The first-order chi connectivity index (χ1) is 11.8. The summed E-state index contributed by atoms with van der Waals surface area (Å²) in [5.41, 5.74) is 0.311. The summed E-state index contributed by atoms with van der Waals surface area (Å²) in [6, 6.07) is 6.66. The summed E-state index contributed by atoms with van der Waals surface area (Å²) < 4.78 is 47.4. The minimum Gasteiger partial charge on any atom is -0.496 e. The molecule has 1 aliphatic rings. The molecule has 138 valence electrons. The number of rotatable bonds is 5. The number of nitrogens with zero attached hydrogens (tertiary/aromatic N) is 2. The molecule has 1 aromatic carbocycles. The number of piperazine rings is 1. The van der Waals surface area contributed by atoms with Crippen LogP contribution in [0.5, 0.6) is 5.75 Å². The first-order valence-electron chi connectivity index (χ1n) is 7.71. The molecular weight excluding hydrogens is 341 g/mol. The van der Waals surface area contributed by atoms with E-state index >= 15 is 0 Å². The molecule has 0 saturated carbocycles. The SMILES string of the molecule is COc1ccccc1C(=O)OCCN1CCN(C(=O)C(F)(F)F)CC1. The quantitative estimate of drug-likeness (QED) is 0.746. The molecule has 1 heterocycles. The van der Waals surface area contributed by atoms with Crippen LogP contribution in [0.1, 0.15) is 10.4 Å². The molecule has 0 spiro atoms. The van der Waals surface area contributed by atoms with E-state index in [9.17, 15) is 22.8 Å². The van der Waals surface area contributed by atoms with Crippen LogP contribution < -0.4 is 4.74 Å². The number of esters is 1. The summed E-state index contributed by atoms with van der Waals surface area (Å²) in [5, 5.41) is 0. The molecule has 1 fully saturated rings. The van der Waals surface area contributed by atoms with Crippen LogP contribution in [0.3, 0.4) is 0 Å². The van der Waals surface area contributed by atoms with Gasteiger partial charge in [-0.3, -0.25) is 9.69 Å². The van der Waals surface area contributed by atoms with E-state index in [1.165, 1.54) is 7.11 Å². The number of amides is 1. The van der Waals surface area contributed by atoms with Crippen molar-refractivity contribution in [1.29, 1.82) is 0 Å². The van der Waals surface area contributed by atoms with E-state index in [1.54, 1.807) is 24.3 Å². The molecule has 0 bridgehead atoms. The highest BCUT2D eigenvalue weighted by Gasteiger charge is 2.43. The fraction of sp³-hybridized carbons (Fsp3) is 0.500. The average Bonchev–Trinajstić information content (AvgIpc) is 2.60. The summed E-state index contributed by atoms with van der Waals surface area (Å²) in [6.07, 6.45) is -4.84. The molecule has 6 nitrogen and oxygen atoms in total. The number of alkyl halides is 3. The summed E-state index contributed by atoms with van der Waals surface area (Å²) in [7, 11) is 1.45. The van der Waals surface area contributed by atoms with Crippen molar-refractivity contribution in [1.82, 2.24) is 9.80 Å². The van der Waals surface area contributed by atoms with Gasteiger partial charge in [-0.2, -0.15) is 13.2 Å². The molecule has 1 aliphatic heterocycles. The molecule has 1 aromatic rings. The number of carbonyl (C=O) groups excluding carboxylic acids is 2. The summed E-state index contributed by atoms with van der Waals surface area (Å²) in [6.45, 7) is 1.08. The first-order valence-corrected chi connectivity index (χ1v) is 7.71. The Kier molecular flexibility index (Phi) is 6.24. The smallest absolute Gasteiger partial charge is 0.471 e. The Labute approximate surface area is 143 Å². The van der Waals surface area contributed by atoms with Crippen molar-refractivity contribution in [2.75, 3.05) is 46.4 Å². The Hall–Kier alpha value is -2.29. The second-order valence-electron chi connectivity index (χ2n) is 5.47. The number of benzene rings is 1. The maximum absolute atomic E-state index is 12.4. The summed E-state index contributed by atoms with van der Waals surface area (Å²) in [5.74, 6) is -1.93. The Morgan fingerprint density at radius 1 is 1.12 bits per heavy atom. The molecule has 1 amide bonds. The molecule has 2 rings (SSSR count). The maximum Gasteiger partial charge on any atom is 0.471 e. The van der Waals surface area contributed by atoms with E-state index in [1.807, 2.05) is 4.90 Å². The number of carbonyl (C=O) groups is 2. The van der Waals surface area contributed by atoms with Gasteiger partial charge in [0.1, 0.15) is 17.9 Å². The zero-order chi connectivity index (χ0) is 18.4. The number of ether oxygens (including phenoxy) is 2. The fourth-order valence-corrected chi connectivity index (χ4v) is 2.51. The third-order valence-corrected chi connectivity index (χ3v) is 3.87. The number of hydrogen-bond donors (Lipinski definition) is 0. The predicted molar refractivity (Wildman–Crippen MR) is 82.4 cm³/mol. The first kappa shape index (κ1) is 19.0. The molecular formula is C16H19F3N2O4. The lowest BCUT2D eigenvalue weighted by molar-refractivity contribution is -0.187. The largest absolute Gasteiger partial charge is 0.496 e. The summed E-state index contributed by atoms with van der Waals surface area (Å²) in [4.78, 5) is 25.8. The highest BCUT2D eigenvalue weighted by atomic mass is 19.4. The van der Waals surface area contributed by atoms with E-state index in [4.69, 9.17) is 9.47 Å². The molecule has 1 saturated heterocycles. The zero-order valence-corrected chi connectivity index (χ0v) is 13.7. The maximum atomic E-state index is 12.4. The van der Waals surface area contributed by atoms with Gasteiger partial charge in [0, 0.05) is 32.7 Å². The predicted octanol–water partition coefficient (Wildman–Crippen LogP) is 1.56. The topological polar surface area (TPSA) is 59.1 Å².